The number of nitrogens with one attached hydrogen (secondary N) is 2. The lowest BCUT2D eigenvalue weighted by Crippen LogP contribution is -2.15. The Kier molecular flexibility index (Phi) is 4.60. The van der Waals surface area contributed by atoms with Gasteiger partial charge in [0.15, 0.2) is 5.69 Å². The Bertz CT molecular complexity index is 1050. The average molecular weight is 406 g/mol. The van der Waals surface area contributed by atoms with Crippen molar-refractivity contribution in [3.05, 3.63) is 46.3 Å². The third kappa shape index (κ3) is 3.17. The molecule has 134 valence electrons. The van der Waals surface area contributed by atoms with Crippen LogP contribution in [0.25, 0.3) is 21.6 Å². The number of aromatic amines is 1. The van der Waals surface area contributed by atoms with Crippen LogP contribution in [-0.2, 0) is 11.0 Å². The summed E-state index contributed by atoms with van der Waals surface area (Å²) in [5.74, 6) is -1.04. The number of hydrogen-bond donors (Lipinski definition) is 3. The third-order valence-corrected chi connectivity index (χ3v) is 7.74. The summed E-state index contributed by atoms with van der Waals surface area (Å²) in [5, 5.41) is 14.2. The zero-order valence-electron chi connectivity index (χ0n) is 13.7. The summed E-state index contributed by atoms with van der Waals surface area (Å²) in [6.07, 6.45) is 2.81. The van der Waals surface area contributed by atoms with Crippen molar-refractivity contribution in [1.29, 1.82) is 0 Å². The van der Waals surface area contributed by atoms with E-state index >= 15 is 0 Å². The highest BCUT2D eigenvalue weighted by atomic mass is 32.2. The highest BCUT2D eigenvalue weighted by molar-refractivity contribution is 8.13. The van der Waals surface area contributed by atoms with Crippen molar-refractivity contribution in [2.75, 3.05) is 4.72 Å². The predicted molar refractivity (Wildman–Crippen MR) is 108 cm³/mol. The normalized spacial score (nSPS) is 17.7. The summed E-state index contributed by atoms with van der Waals surface area (Å²) in [5.41, 5.74) is 3.46. The topological polar surface area (TPSA) is 95.1 Å². The van der Waals surface area contributed by atoms with E-state index in [4.69, 9.17) is 5.11 Å². The van der Waals surface area contributed by atoms with Gasteiger partial charge >= 0.3 is 5.97 Å². The van der Waals surface area contributed by atoms with Crippen LogP contribution in [0.15, 0.2) is 35.1 Å². The Morgan fingerprint density at radius 3 is 3.00 bits per heavy atom. The molecule has 3 aromatic rings. The number of aromatic carboxylic acids is 1. The van der Waals surface area contributed by atoms with Crippen LogP contribution in [0.2, 0.25) is 0 Å². The number of thiazole rings is 1. The molecule has 6 nitrogen and oxygen atoms in total. The van der Waals surface area contributed by atoms with Crippen LogP contribution < -0.4 is 4.72 Å². The second-order valence-electron chi connectivity index (χ2n) is 5.82. The summed E-state index contributed by atoms with van der Waals surface area (Å²) >= 11 is 2.85. The van der Waals surface area contributed by atoms with Gasteiger partial charge in [0.2, 0.25) is 0 Å². The van der Waals surface area contributed by atoms with E-state index in [1.165, 1.54) is 16.7 Å². The van der Waals surface area contributed by atoms with Crippen LogP contribution in [0.3, 0.4) is 0 Å². The van der Waals surface area contributed by atoms with E-state index in [0.29, 0.717) is 5.01 Å². The van der Waals surface area contributed by atoms with Gasteiger partial charge in [0.25, 0.3) is 0 Å². The van der Waals surface area contributed by atoms with E-state index in [2.05, 4.69) is 14.7 Å². The van der Waals surface area contributed by atoms with Crippen molar-refractivity contribution in [1.82, 2.24) is 9.97 Å². The zero-order chi connectivity index (χ0) is 18.3. The SMILES string of the molecule is Cc1ccc(NS(=O)C2CC=CS2)c2[nH]c(-c3nc(C(=O)O)cs3)cc12. The summed E-state index contributed by atoms with van der Waals surface area (Å²) in [6.45, 7) is 2.00. The molecule has 1 aliphatic rings. The second-order valence-corrected chi connectivity index (χ2v) is 9.46. The fourth-order valence-electron chi connectivity index (χ4n) is 2.73. The smallest absolute Gasteiger partial charge is 0.355 e. The lowest BCUT2D eigenvalue weighted by Gasteiger charge is -2.12. The highest BCUT2D eigenvalue weighted by Crippen LogP contribution is 2.34. The highest BCUT2D eigenvalue weighted by Gasteiger charge is 2.20. The average Bonchev–Trinajstić information content (AvgIpc) is 3.36. The molecule has 2 atom stereocenters. The summed E-state index contributed by atoms with van der Waals surface area (Å²) in [4.78, 5) is 18.5. The van der Waals surface area contributed by atoms with Gasteiger partial charge < -0.3 is 14.8 Å². The van der Waals surface area contributed by atoms with E-state index < -0.39 is 17.0 Å². The molecule has 0 radical (unpaired) electrons. The Hall–Kier alpha value is -2.10. The van der Waals surface area contributed by atoms with E-state index in [-0.39, 0.29) is 10.3 Å². The molecule has 1 aromatic carbocycles. The maximum Gasteiger partial charge on any atom is 0.355 e. The number of aromatic nitrogens is 2. The van der Waals surface area contributed by atoms with Crippen LogP contribution in [0.1, 0.15) is 22.5 Å². The van der Waals surface area contributed by atoms with Crippen molar-refractivity contribution in [2.45, 2.75) is 17.9 Å². The first-order valence-corrected chi connectivity index (χ1v) is 10.9. The molecule has 3 N–H and O–H groups in total. The molecule has 0 spiro atoms. The quantitative estimate of drug-likeness (QED) is 0.586. The largest absolute Gasteiger partial charge is 0.476 e. The van der Waals surface area contributed by atoms with E-state index in [1.807, 2.05) is 36.6 Å². The summed E-state index contributed by atoms with van der Waals surface area (Å²) < 4.78 is 15.7. The third-order valence-electron chi connectivity index (χ3n) is 4.07. The number of H-pyrrole nitrogens is 1. The Morgan fingerprint density at radius 2 is 2.31 bits per heavy atom. The van der Waals surface area contributed by atoms with Gasteiger partial charge in [-0.15, -0.1) is 23.1 Å². The molecule has 0 amide bonds. The lowest BCUT2D eigenvalue weighted by atomic mass is 10.1. The number of carboxylic acid groups (broad SMARTS) is 1. The molecule has 2 aromatic heterocycles. The number of carboxylic acids is 1. The van der Waals surface area contributed by atoms with E-state index in [0.717, 1.165) is 34.3 Å². The van der Waals surface area contributed by atoms with Gasteiger partial charge in [0, 0.05) is 10.8 Å². The van der Waals surface area contributed by atoms with Crippen LogP contribution in [0.4, 0.5) is 5.69 Å². The molecule has 0 saturated heterocycles. The van der Waals surface area contributed by atoms with E-state index in [1.54, 1.807) is 11.8 Å². The molecule has 26 heavy (non-hydrogen) atoms. The molecular formula is C17H15N3O3S3. The molecule has 3 heterocycles. The molecule has 4 rings (SSSR count). The number of rotatable bonds is 5. The van der Waals surface area contributed by atoms with Gasteiger partial charge in [-0.05, 0) is 36.4 Å². The number of thioether (sulfide) groups is 1. The van der Waals surface area contributed by atoms with Crippen LogP contribution in [0, 0.1) is 6.92 Å². The van der Waals surface area contributed by atoms with Crippen molar-refractivity contribution >= 4 is 56.6 Å². The van der Waals surface area contributed by atoms with Gasteiger partial charge in [-0.25, -0.2) is 14.0 Å². The van der Waals surface area contributed by atoms with Crippen molar-refractivity contribution in [3.63, 3.8) is 0 Å². The minimum atomic E-state index is -1.21. The number of carbonyl (C=O) groups is 1. The first-order chi connectivity index (χ1) is 12.5. The van der Waals surface area contributed by atoms with Gasteiger partial charge in [-0.1, -0.05) is 12.1 Å². The van der Waals surface area contributed by atoms with E-state index in [9.17, 15) is 9.00 Å². The Balaban J connectivity index is 1.70. The van der Waals surface area contributed by atoms with Gasteiger partial charge in [-0.3, -0.25) is 0 Å². The summed E-state index contributed by atoms with van der Waals surface area (Å²) in [7, 11) is -1.21. The van der Waals surface area contributed by atoms with Crippen LogP contribution in [-0.4, -0.2) is 29.8 Å². The fraction of sp³-hybridized carbons (Fsp3) is 0.176. The zero-order valence-corrected chi connectivity index (χ0v) is 16.1. The number of aryl methyl sites for hydroxylation is 1. The molecule has 1 aliphatic heterocycles. The minimum absolute atomic E-state index is 0.0119. The number of allylic oxidation sites excluding steroid dienone is 1. The predicted octanol–water partition coefficient (Wildman–Crippen LogP) is 4.35. The van der Waals surface area contributed by atoms with Crippen molar-refractivity contribution < 1.29 is 14.1 Å². The van der Waals surface area contributed by atoms with Gasteiger partial charge in [-0.2, -0.15) is 0 Å². The van der Waals surface area contributed by atoms with Crippen molar-refractivity contribution in [3.8, 4) is 10.7 Å². The number of hydrogen-bond acceptors (Lipinski definition) is 5. The Morgan fingerprint density at radius 1 is 1.46 bits per heavy atom. The number of benzene rings is 1. The lowest BCUT2D eigenvalue weighted by molar-refractivity contribution is 0.0691. The number of fused-ring (bicyclic) bond motifs is 1. The molecule has 2 unspecified atom stereocenters. The Labute approximate surface area is 160 Å². The second kappa shape index (κ2) is 6.90. The first kappa shape index (κ1) is 17.3. The van der Waals surface area contributed by atoms with Gasteiger partial charge in [0.05, 0.1) is 16.9 Å². The number of anilines is 1. The molecular weight excluding hydrogens is 390 g/mol. The molecule has 0 aliphatic carbocycles. The van der Waals surface area contributed by atoms with Crippen LogP contribution in [0.5, 0.6) is 0 Å². The monoisotopic (exact) mass is 405 g/mol. The number of nitrogens with zero attached hydrogens (tertiary/aromatic N) is 1. The minimum Gasteiger partial charge on any atom is -0.476 e. The maximum absolute atomic E-state index is 12.5. The maximum atomic E-state index is 12.5. The molecule has 9 heteroatoms. The summed E-state index contributed by atoms with van der Waals surface area (Å²) in [6, 6.07) is 5.84. The molecule has 0 saturated carbocycles. The standard InChI is InChI=1S/C17H15N3O3S3/c1-9-4-5-11(20-26(23)14-3-2-6-24-14)15-10(9)7-12(18-15)16-19-13(8-25-16)17(21)22/h2,4-8,14,18,20H,3H2,1H3,(H,21,22). The van der Waals surface area contributed by atoms with Gasteiger partial charge in [0.1, 0.15) is 20.6 Å². The van der Waals surface area contributed by atoms with Crippen molar-refractivity contribution in [2.24, 2.45) is 0 Å². The van der Waals surface area contributed by atoms with Crippen LogP contribution >= 0.6 is 23.1 Å². The first-order valence-electron chi connectivity index (χ1n) is 7.82. The molecule has 0 bridgehead atoms. The molecule has 0 fully saturated rings. The fourth-order valence-corrected chi connectivity index (χ4v) is 5.66.